The lowest BCUT2D eigenvalue weighted by molar-refractivity contribution is -0.140. The van der Waals surface area contributed by atoms with Crippen LogP contribution in [0.25, 0.3) is 6.08 Å². The number of carbonyl (C=O) groups is 2. The Morgan fingerprint density at radius 3 is 2.41 bits per heavy atom. The molecule has 2 aromatic carbocycles. The Labute approximate surface area is 260 Å². The third kappa shape index (κ3) is 7.21. The molecule has 1 unspecified atom stereocenters. The molecular formula is C33H38N2O8S. The first-order valence-electron chi connectivity index (χ1n) is 14.4. The van der Waals surface area contributed by atoms with Gasteiger partial charge in [0.1, 0.15) is 0 Å². The van der Waals surface area contributed by atoms with Crippen molar-refractivity contribution in [3.05, 3.63) is 78.5 Å². The van der Waals surface area contributed by atoms with E-state index in [1.165, 1.54) is 29.9 Å². The van der Waals surface area contributed by atoms with Crippen LogP contribution in [0, 0.1) is 5.92 Å². The van der Waals surface area contributed by atoms with Crippen molar-refractivity contribution < 1.29 is 33.3 Å². The third-order valence-corrected chi connectivity index (χ3v) is 7.77. The van der Waals surface area contributed by atoms with Crippen LogP contribution in [0.15, 0.2) is 57.5 Å². The van der Waals surface area contributed by atoms with Crippen molar-refractivity contribution in [2.45, 2.75) is 53.5 Å². The van der Waals surface area contributed by atoms with Gasteiger partial charge in [0.2, 0.25) is 0 Å². The van der Waals surface area contributed by atoms with E-state index in [2.05, 4.69) is 11.9 Å². The molecule has 4 rings (SSSR count). The van der Waals surface area contributed by atoms with Crippen LogP contribution in [0.5, 0.6) is 23.0 Å². The van der Waals surface area contributed by atoms with Gasteiger partial charge in [-0.25, -0.2) is 9.79 Å². The summed E-state index contributed by atoms with van der Waals surface area (Å²) in [5.74, 6) is 0.732. The Morgan fingerprint density at radius 2 is 1.75 bits per heavy atom. The molecule has 234 valence electrons. The SMILES string of the molecule is CCCCOc1ccc(C=c2sc3n(c2=O)C(c2ccc(OC(C)=O)c(OC)c2)C(C(=O)OCC(C)C)=C(C)N=3)cc1OC. The molecule has 0 saturated heterocycles. The van der Waals surface area contributed by atoms with Gasteiger partial charge in [-0.1, -0.05) is 50.7 Å². The molecule has 0 radical (unpaired) electrons. The summed E-state index contributed by atoms with van der Waals surface area (Å²) in [5, 5.41) is 0. The summed E-state index contributed by atoms with van der Waals surface area (Å²) in [6, 6.07) is 9.55. The fraction of sp³-hybridized carbons (Fsp3) is 0.394. The van der Waals surface area contributed by atoms with Crippen LogP contribution in [0.3, 0.4) is 0 Å². The van der Waals surface area contributed by atoms with Crippen molar-refractivity contribution in [1.82, 2.24) is 4.57 Å². The van der Waals surface area contributed by atoms with Crippen molar-refractivity contribution >= 4 is 29.4 Å². The van der Waals surface area contributed by atoms with Crippen LogP contribution in [0.2, 0.25) is 0 Å². The number of hydrogen-bond donors (Lipinski definition) is 0. The smallest absolute Gasteiger partial charge is 0.338 e. The molecule has 44 heavy (non-hydrogen) atoms. The average molecular weight is 623 g/mol. The first-order valence-corrected chi connectivity index (χ1v) is 15.3. The molecule has 10 nitrogen and oxygen atoms in total. The zero-order valence-corrected chi connectivity index (χ0v) is 26.9. The molecule has 1 aromatic heterocycles. The number of rotatable bonds is 12. The number of esters is 2. The van der Waals surface area contributed by atoms with Gasteiger partial charge in [0.05, 0.1) is 49.3 Å². The molecule has 0 saturated carbocycles. The minimum Gasteiger partial charge on any atom is -0.493 e. The average Bonchev–Trinajstić information content (AvgIpc) is 3.29. The quantitative estimate of drug-likeness (QED) is 0.164. The Bertz CT molecular complexity index is 1750. The summed E-state index contributed by atoms with van der Waals surface area (Å²) in [6.07, 6.45) is 3.71. The van der Waals surface area contributed by atoms with Crippen molar-refractivity contribution in [1.29, 1.82) is 0 Å². The molecule has 0 fully saturated rings. The number of benzene rings is 2. The third-order valence-electron chi connectivity index (χ3n) is 6.79. The number of carbonyl (C=O) groups excluding carboxylic acids is 2. The number of ether oxygens (including phenoxy) is 5. The maximum Gasteiger partial charge on any atom is 0.338 e. The number of aromatic nitrogens is 1. The molecule has 0 amide bonds. The van der Waals surface area contributed by atoms with Crippen molar-refractivity contribution in [2.24, 2.45) is 10.9 Å². The molecular weight excluding hydrogens is 584 g/mol. The molecule has 1 aliphatic heterocycles. The summed E-state index contributed by atoms with van der Waals surface area (Å²) in [6.45, 7) is 9.79. The van der Waals surface area contributed by atoms with Crippen LogP contribution >= 0.6 is 11.3 Å². The highest BCUT2D eigenvalue weighted by Crippen LogP contribution is 2.36. The first kappa shape index (κ1) is 32.5. The standard InChI is InChI=1S/C33H38N2O8S/c1-8-9-14-41-24-12-10-22(15-26(24)39-6)16-28-31(37)35-30(23-11-13-25(43-21(5)36)27(17-23)40-7)29(20(4)34-33(35)44-28)32(38)42-18-19(2)3/h10-13,15-17,19,30H,8-9,14,18H2,1-7H3. The normalized spacial score (nSPS) is 14.6. The highest BCUT2D eigenvalue weighted by atomic mass is 32.1. The molecule has 0 N–H and O–H groups in total. The number of thiazole rings is 1. The second kappa shape index (κ2) is 14.4. The number of nitrogens with zero attached hydrogens (tertiary/aromatic N) is 2. The molecule has 0 bridgehead atoms. The molecule has 11 heteroatoms. The largest absolute Gasteiger partial charge is 0.493 e. The second-order valence-electron chi connectivity index (χ2n) is 10.7. The zero-order valence-electron chi connectivity index (χ0n) is 26.1. The van der Waals surface area contributed by atoms with E-state index < -0.39 is 18.0 Å². The minimum absolute atomic E-state index is 0.114. The summed E-state index contributed by atoms with van der Waals surface area (Å²) in [5.41, 5.74) is 1.65. The predicted molar refractivity (Wildman–Crippen MR) is 167 cm³/mol. The molecule has 1 atom stereocenters. The van der Waals surface area contributed by atoms with Gasteiger partial charge < -0.3 is 23.7 Å². The Kier molecular flexibility index (Phi) is 10.6. The summed E-state index contributed by atoms with van der Waals surface area (Å²) < 4.78 is 29.7. The summed E-state index contributed by atoms with van der Waals surface area (Å²) in [4.78, 5) is 44.3. The second-order valence-corrected chi connectivity index (χ2v) is 11.7. The van der Waals surface area contributed by atoms with Crippen molar-refractivity contribution in [3.8, 4) is 23.0 Å². The Morgan fingerprint density at radius 1 is 1.05 bits per heavy atom. The van der Waals surface area contributed by atoms with Gasteiger partial charge in [0, 0.05) is 6.92 Å². The van der Waals surface area contributed by atoms with Crippen molar-refractivity contribution in [3.63, 3.8) is 0 Å². The van der Waals surface area contributed by atoms with E-state index in [0.717, 1.165) is 18.4 Å². The van der Waals surface area contributed by atoms with Gasteiger partial charge in [-0.3, -0.25) is 14.2 Å². The van der Waals surface area contributed by atoms with E-state index >= 15 is 0 Å². The first-order chi connectivity index (χ1) is 21.1. The van der Waals surface area contributed by atoms with Crippen LogP contribution in [0.1, 0.15) is 64.6 Å². The van der Waals surface area contributed by atoms with Gasteiger partial charge in [0.25, 0.3) is 5.56 Å². The summed E-state index contributed by atoms with van der Waals surface area (Å²) in [7, 11) is 3.02. The van der Waals surface area contributed by atoms with E-state index in [1.54, 1.807) is 38.3 Å². The number of fused-ring (bicyclic) bond motifs is 1. The monoisotopic (exact) mass is 622 g/mol. The van der Waals surface area contributed by atoms with E-state index in [-0.39, 0.29) is 35.2 Å². The topological polar surface area (TPSA) is 115 Å². The molecule has 1 aliphatic rings. The Balaban J connectivity index is 1.86. The van der Waals surface area contributed by atoms with Crippen LogP contribution in [0.4, 0.5) is 0 Å². The number of hydrogen-bond acceptors (Lipinski definition) is 10. The number of allylic oxidation sites excluding steroid dienone is 1. The predicted octanol–water partition coefficient (Wildman–Crippen LogP) is 4.56. The lowest BCUT2D eigenvalue weighted by atomic mass is 9.95. The van der Waals surface area contributed by atoms with Gasteiger partial charge in [-0.2, -0.15) is 0 Å². The Hall–Kier alpha value is -4.38. The molecule has 0 aliphatic carbocycles. The fourth-order valence-electron chi connectivity index (χ4n) is 4.68. The van der Waals surface area contributed by atoms with Crippen LogP contribution in [-0.4, -0.2) is 43.9 Å². The van der Waals surface area contributed by atoms with E-state index in [9.17, 15) is 14.4 Å². The number of unbranched alkanes of at least 4 members (excludes halogenated alkanes) is 1. The van der Waals surface area contributed by atoms with Crippen LogP contribution in [-0.2, 0) is 14.3 Å². The van der Waals surface area contributed by atoms with E-state index in [1.807, 2.05) is 32.0 Å². The molecule has 0 spiro atoms. The van der Waals surface area contributed by atoms with E-state index in [0.29, 0.717) is 38.7 Å². The maximum atomic E-state index is 14.1. The van der Waals surface area contributed by atoms with Gasteiger partial charge >= 0.3 is 11.9 Å². The zero-order chi connectivity index (χ0) is 32.0. The molecule has 2 heterocycles. The lowest BCUT2D eigenvalue weighted by Gasteiger charge is -2.25. The highest BCUT2D eigenvalue weighted by molar-refractivity contribution is 7.07. The van der Waals surface area contributed by atoms with Gasteiger partial charge in [-0.05, 0) is 60.7 Å². The fourth-order valence-corrected chi connectivity index (χ4v) is 5.73. The minimum atomic E-state index is -0.864. The highest BCUT2D eigenvalue weighted by Gasteiger charge is 2.34. The number of methoxy groups -OCH3 is 2. The maximum absolute atomic E-state index is 14.1. The molecule has 3 aromatic rings. The summed E-state index contributed by atoms with van der Waals surface area (Å²) >= 11 is 1.22. The van der Waals surface area contributed by atoms with Crippen molar-refractivity contribution in [2.75, 3.05) is 27.4 Å². The van der Waals surface area contributed by atoms with Gasteiger partial charge in [0.15, 0.2) is 27.8 Å². The van der Waals surface area contributed by atoms with E-state index in [4.69, 9.17) is 23.7 Å². The van der Waals surface area contributed by atoms with Gasteiger partial charge in [-0.15, -0.1) is 0 Å². The lowest BCUT2D eigenvalue weighted by Crippen LogP contribution is -2.40. The van der Waals surface area contributed by atoms with Crippen LogP contribution < -0.4 is 33.8 Å².